The predicted molar refractivity (Wildman–Crippen MR) is 185 cm³/mol. The molecule has 1 aliphatic carbocycles. The molecule has 1 aromatic rings. The van der Waals surface area contributed by atoms with Gasteiger partial charge >= 0.3 is 0 Å². The summed E-state index contributed by atoms with van der Waals surface area (Å²) in [5, 5.41) is 35.4. The molecular weight excluding hydrogens is 637 g/mol. The number of ether oxygens (including phenoxy) is 1. The fraction of sp³-hybridized carbons (Fsp3) is 0.806. The van der Waals surface area contributed by atoms with E-state index < -0.39 is 24.6 Å². The van der Waals surface area contributed by atoms with Gasteiger partial charge < -0.3 is 30.3 Å². The van der Waals surface area contributed by atoms with E-state index in [1.54, 1.807) is 17.0 Å². The van der Waals surface area contributed by atoms with Crippen molar-refractivity contribution in [2.24, 2.45) is 11.8 Å². The molecule has 0 aromatic heterocycles. The summed E-state index contributed by atoms with van der Waals surface area (Å²) in [6, 6.07) is 5.44. The molecule has 4 fully saturated rings. The van der Waals surface area contributed by atoms with Crippen LogP contribution < -0.4 is 15.4 Å². The Balaban J connectivity index is 0.980. The van der Waals surface area contributed by atoms with Gasteiger partial charge in [0.1, 0.15) is 23.5 Å². The van der Waals surface area contributed by atoms with E-state index in [0.717, 1.165) is 45.4 Å². The monoisotopic (exact) mass is 695 g/mol. The quantitative estimate of drug-likeness (QED) is 0.107. The van der Waals surface area contributed by atoms with Gasteiger partial charge in [-0.15, -0.1) is 11.6 Å². The largest absolute Gasteiger partial charge is 0.493 e. The van der Waals surface area contributed by atoms with Crippen LogP contribution in [0.4, 0.5) is 4.39 Å². The molecule has 3 atom stereocenters. The molecule has 48 heavy (non-hydrogen) atoms. The maximum Gasteiger partial charge on any atom is 0.227 e. The molecule has 1 saturated carbocycles. The van der Waals surface area contributed by atoms with Crippen LogP contribution in [0, 0.1) is 17.7 Å². The Kier molecular flexibility index (Phi) is 14.6. The van der Waals surface area contributed by atoms with Crippen molar-refractivity contribution in [2.45, 2.75) is 100 Å². The molecule has 10 nitrogen and oxygen atoms in total. The smallest absolute Gasteiger partial charge is 0.227 e. The highest BCUT2D eigenvalue weighted by Gasteiger charge is 2.37. The number of piperidine rings is 1. The maximum absolute atomic E-state index is 15.0. The summed E-state index contributed by atoms with van der Waals surface area (Å²) in [6.07, 6.45) is 13.5. The van der Waals surface area contributed by atoms with Gasteiger partial charge in [0.2, 0.25) is 5.91 Å². The van der Waals surface area contributed by atoms with Gasteiger partial charge in [0.25, 0.3) is 0 Å². The molecule has 5 rings (SSSR count). The van der Waals surface area contributed by atoms with Crippen molar-refractivity contribution in [2.75, 3.05) is 72.2 Å². The lowest BCUT2D eigenvalue weighted by atomic mass is 9.92. The molecule has 3 heterocycles. The lowest BCUT2D eigenvalue weighted by molar-refractivity contribution is -0.129. The van der Waals surface area contributed by atoms with E-state index in [2.05, 4.69) is 20.4 Å². The Morgan fingerprint density at radius 3 is 2.46 bits per heavy atom. The average Bonchev–Trinajstić information content (AvgIpc) is 3.41. The summed E-state index contributed by atoms with van der Waals surface area (Å²) in [5.74, 6) is 0.829. The fourth-order valence-corrected chi connectivity index (χ4v) is 8.25. The van der Waals surface area contributed by atoms with E-state index in [0.29, 0.717) is 55.8 Å². The summed E-state index contributed by atoms with van der Waals surface area (Å²) in [4.78, 5) is 20.0. The number of hydrogen-bond donors (Lipinski definition) is 5. The number of likely N-dealkylation sites (tertiary alicyclic amines) is 2. The molecule has 0 spiro atoms. The zero-order valence-corrected chi connectivity index (χ0v) is 29.4. The number of amides is 1. The molecule has 2 unspecified atom stereocenters. The van der Waals surface area contributed by atoms with Gasteiger partial charge in [-0.3, -0.25) is 19.9 Å². The number of nitrogens with one attached hydrogen (secondary N) is 2. The van der Waals surface area contributed by atoms with Crippen molar-refractivity contribution >= 4 is 17.5 Å². The Hall–Kier alpha value is -1.57. The van der Waals surface area contributed by atoms with Crippen molar-refractivity contribution < 1.29 is 29.2 Å². The van der Waals surface area contributed by atoms with Crippen LogP contribution in [0.3, 0.4) is 0 Å². The standard InChI is InChI=1S/C36H59ClFN5O5/c37-30-21-40-35(43(23-30)31-7-3-1-2-4-8-31)41-14-11-27(12-15-41)6-5-17-48-32-10-9-29(33(38)19-32)18-34(46)42-16-13-28(22-42)20-39-24-36(47,25-44)26-45/h9-10,19,27-28,30-31,35,39-40,44-45,47H,1-8,11-18,20-26H2/t28-,30?,35?/m0/s1. The molecule has 3 aliphatic heterocycles. The Bertz CT molecular complexity index is 1130. The number of carbonyl (C=O) groups excluding carboxylic acids is 1. The van der Waals surface area contributed by atoms with Gasteiger partial charge in [-0.1, -0.05) is 31.7 Å². The highest BCUT2D eigenvalue weighted by Crippen LogP contribution is 2.30. The Labute approximate surface area is 291 Å². The first-order valence-electron chi connectivity index (χ1n) is 18.5. The van der Waals surface area contributed by atoms with Crippen LogP contribution in [-0.4, -0.2) is 131 Å². The third-order valence-corrected chi connectivity index (χ3v) is 11.3. The number of rotatable bonds is 15. The zero-order chi connectivity index (χ0) is 33.9. The number of halogens is 2. The fourth-order valence-electron chi connectivity index (χ4n) is 8.00. The van der Waals surface area contributed by atoms with Crippen LogP contribution in [0.2, 0.25) is 0 Å². The predicted octanol–water partition coefficient (Wildman–Crippen LogP) is 2.91. The van der Waals surface area contributed by atoms with E-state index in [1.165, 1.54) is 57.4 Å². The van der Waals surface area contributed by atoms with Crippen molar-refractivity contribution in [1.29, 1.82) is 0 Å². The van der Waals surface area contributed by atoms with Gasteiger partial charge in [0.05, 0.1) is 31.6 Å². The van der Waals surface area contributed by atoms with Crippen molar-refractivity contribution in [3.63, 3.8) is 0 Å². The second-order valence-corrected chi connectivity index (χ2v) is 15.4. The van der Waals surface area contributed by atoms with E-state index in [-0.39, 0.29) is 30.2 Å². The third kappa shape index (κ3) is 10.7. The van der Waals surface area contributed by atoms with E-state index in [4.69, 9.17) is 16.3 Å². The van der Waals surface area contributed by atoms with Crippen LogP contribution >= 0.6 is 11.6 Å². The van der Waals surface area contributed by atoms with E-state index in [9.17, 15) is 24.5 Å². The minimum absolute atomic E-state index is 0.000979. The summed E-state index contributed by atoms with van der Waals surface area (Å²) >= 11 is 6.62. The van der Waals surface area contributed by atoms with Crippen LogP contribution in [0.5, 0.6) is 5.75 Å². The van der Waals surface area contributed by atoms with Gasteiger partial charge in [-0.2, -0.15) is 0 Å². The first-order chi connectivity index (χ1) is 23.3. The minimum Gasteiger partial charge on any atom is -0.493 e. The molecular formula is C36H59ClFN5O5. The zero-order valence-electron chi connectivity index (χ0n) is 28.6. The second-order valence-electron chi connectivity index (χ2n) is 14.8. The molecule has 1 aromatic carbocycles. The number of hydrogen-bond acceptors (Lipinski definition) is 9. The molecule has 5 N–H and O–H groups in total. The van der Waals surface area contributed by atoms with Gasteiger partial charge in [0.15, 0.2) is 0 Å². The highest BCUT2D eigenvalue weighted by atomic mass is 35.5. The number of nitrogens with zero attached hydrogens (tertiary/aromatic N) is 3. The number of aliphatic hydroxyl groups is 3. The second kappa shape index (κ2) is 18.6. The topological polar surface area (TPSA) is 121 Å². The Morgan fingerprint density at radius 1 is 1.02 bits per heavy atom. The summed E-state index contributed by atoms with van der Waals surface area (Å²) in [7, 11) is 0. The molecule has 0 bridgehead atoms. The molecule has 1 amide bonds. The summed E-state index contributed by atoms with van der Waals surface area (Å²) in [6.45, 7) is 5.29. The van der Waals surface area contributed by atoms with Crippen molar-refractivity contribution in [3.8, 4) is 5.75 Å². The lowest BCUT2D eigenvalue weighted by Crippen LogP contribution is -2.66. The molecule has 0 radical (unpaired) electrons. The first-order valence-corrected chi connectivity index (χ1v) is 18.9. The number of alkyl halides is 1. The first kappa shape index (κ1) is 37.7. The SMILES string of the molecule is O=C(Cc1ccc(OCCCC2CCN(C3NCC(Cl)CN3C3CCCCCC3)CC2)cc1F)N1CC[C@@H](CNCC(O)(CO)CO)C1. The summed E-state index contributed by atoms with van der Waals surface area (Å²) in [5.41, 5.74) is -1.19. The van der Waals surface area contributed by atoms with E-state index in [1.807, 2.05) is 0 Å². The van der Waals surface area contributed by atoms with Gasteiger partial charge in [-0.25, -0.2) is 4.39 Å². The number of aliphatic hydroxyl groups excluding tert-OH is 2. The minimum atomic E-state index is -1.56. The summed E-state index contributed by atoms with van der Waals surface area (Å²) < 4.78 is 20.9. The molecule has 12 heteroatoms. The molecule has 272 valence electrons. The highest BCUT2D eigenvalue weighted by molar-refractivity contribution is 6.21. The van der Waals surface area contributed by atoms with Crippen LogP contribution in [0.1, 0.15) is 76.2 Å². The van der Waals surface area contributed by atoms with Crippen LogP contribution in [-0.2, 0) is 11.2 Å². The van der Waals surface area contributed by atoms with Crippen molar-refractivity contribution in [1.82, 2.24) is 25.3 Å². The van der Waals surface area contributed by atoms with Crippen LogP contribution in [0.15, 0.2) is 18.2 Å². The van der Waals surface area contributed by atoms with Gasteiger partial charge in [0, 0.05) is 57.9 Å². The maximum atomic E-state index is 15.0. The number of benzene rings is 1. The van der Waals surface area contributed by atoms with Crippen molar-refractivity contribution in [3.05, 3.63) is 29.6 Å². The van der Waals surface area contributed by atoms with Gasteiger partial charge in [-0.05, 0) is 75.0 Å². The Morgan fingerprint density at radius 2 is 1.75 bits per heavy atom. The molecule has 3 saturated heterocycles. The van der Waals surface area contributed by atoms with E-state index >= 15 is 0 Å². The average molecular weight is 696 g/mol. The number of carbonyl (C=O) groups is 1. The normalized spacial score (nSPS) is 25.8. The van der Waals surface area contributed by atoms with Crippen LogP contribution in [0.25, 0.3) is 0 Å². The lowest BCUT2D eigenvalue weighted by Gasteiger charge is -2.49. The third-order valence-electron chi connectivity index (χ3n) is 11.0. The molecule has 4 aliphatic rings.